The molecule has 2 heterocycles. The van der Waals surface area contributed by atoms with Crippen LogP contribution in [0.5, 0.6) is 0 Å². The number of pyridine rings is 1. The van der Waals surface area contributed by atoms with Crippen LogP contribution in [0.3, 0.4) is 0 Å². The van der Waals surface area contributed by atoms with Gasteiger partial charge in [0.15, 0.2) is 0 Å². The molecule has 0 fully saturated rings. The van der Waals surface area contributed by atoms with Crippen LogP contribution in [0.4, 0.5) is 5.69 Å². The molecule has 0 aliphatic heterocycles. The van der Waals surface area contributed by atoms with Crippen molar-refractivity contribution in [2.75, 3.05) is 0 Å². The van der Waals surface area contributed by atoms with E-state index in [1.807, 2.05) is 48.7 Å². The molecule has 0 bridgehead atoms. The minimum atomic E-state index is -0.372. The minimum absolute atomic E-state index is 0.111. The molecule has 0 radical (unpaired) electrons. The number of hydrogen-bond donors (Lipinski definition) is 0. The summed E-state index contributed by atoms with van der Waals surface area (Å²) >= 11 is 0. The molecule has 0 saturated heterocycles. The topological polar surface area (TPSA) is 47.5 Å². The Labute approximate surface area is 140 Å². The Morgan fingerprint density at radius 2 is 1.54 bits per heavy atom. The lowest BCUT2D eigenvalue weighted by Crippen LogP contribution is -1.89. The predicted octanol–water partition coefficient (Wildman–Crippen LogP) is 5.76. The zero-order valence-electron chi connectivity index (χ0n) is 12.7. The van der Waals surface area contributed by atoms with E-state index in [2.05, 4.69) is 22.6 Å². The first-order valence-corrected chi connectivity index (χ1v) is 8.41. The number of aromatic nitrogens is 1. The smallest absolute Gasteiger partial charge is 0.269 e. The van der Waals surface area contributed by atoms with Gasteiger partial charge in [-0.25, -0.2) is 0 Å². The third kappa shape index (κ3) is 2.47. The Kier molecular flexibility index (Phi) is 3.60. The van der Waals surface area contributed by atoms with E-state index in [0.717, 1.165) is 24.7 Å². The lowest BCUT2D eigenvalue weighted by molar-refractivity contribution is -0.384. The van der Waals surface area contributed by atoms with E-state index in [-0.39, 0.29) is 10.6 Å². The first kappa shape index (κ1) is 14.6. The lowest BCUT2D eigenvalue weighted by Gasteiger charge is -2.02. The number of non-ortho nitro benzene ring substituents is 1. The Bertz CT molecular complexity index is 1020. The normalized spacial score (nSPS) is 11.2. The van der Waals surface area contributed by atoms with Gasteiger partial charge in [-0.1, -0.05) is 36.4 Å². The van der Waals surface area contributed by atoms with Gasteiger partial charge in [-0.15, -0.1) is 0 Å². The second-order valence-electron chi connectivity index (χ2n) is 5.41. The number of nitrogens with zero attached hydrogens (tertiary/aromatic N) is 2. The van der Waals surface area contributed by atoms with Gasteiger partial charge in [-0.3, -0.25) is 10.1 Å². The first-order valence-electron chi connectivity index (χ1n) is 7.51. The molecule has 24 heavy (non-hydrogen) atoms. The molecular formula is C19H13N2O2P. The molecule has 0 atom stereocenters. The molecule has 0 unspecified atom stereocenters. The van der Waals surface area contributed by atoms with Crippen molar-refractivity contribution in [3.8, 4) is 21.8 Å². The zero-order chi connectivity index (χ0) is 16.5. The quantitative estimate of drug-likeness (QED) is 0.353. The third-order valence-corrected chi connectivity index (χ3v) is 5.33. The summed E-state index contributed by atoms with van der Waals surface area (Å²) in [6.45, 7) is 0. The maximum atomic E-state index is 10.9. The van der Waals surface area contributed by atoms with Gasteiger partial charge in [-0.2, -0.15) is 0 Å². The highest BCUT2D eigenvalue weighted by molar-refractivity contribution is 7.38. The SMILES string of the molecule is O=[N+]([O-])c1ccc(-c2pc(-c3ccccc3)c3ccccn23)cc1. The fourth-order valence-electron chi connectivity index (χ4n) is 2.78. The van der Waals surface area contributed by atoms with Crippen LogP contribution in [0.2, 0.25) is 0 Å². The summed E-state index contributed by atoms with van der Waals surface area (Å²) in [5.74, 6) is 0. The van der Waals surface area contributed by atoms with E-state index in [1.54, 1.807) is 12.1 Å². The van der Waals surface area contributed by atoms with Crippen LogP contribution < -0.4 is 0 Å². The largest absolute Gasteiger partial charge is 0.312 e. The van der Waals surface area contributed by atoms with Crippen molar-refractivity contribution in [1.29, 1.82) is 0 Å². The van der Waals surface area contributed by atoms with E-state index in [4.69, 9.17) is 0 Å². The Hall–Kier alpha value is -2.97. The molecule has 4 aromatic rings. The number of fused-ring (bicyclic) bond motifs is 1. The molecule has 0 spiro atoms. The molecule has 2 aromatic carbocycles. The van der Waals surface area contributed by atoms with Crippen LogP contribution in [0.15, 0.2) is 79.0 Å². The van der Waals surface area contributed by atoms with Crippen LogP contribution in [0.25, 0.3) is 27.4 Å². The Morgan fingerprint density at radius 1 is 0.833 bits per heavy atom. The maximum absolute atomic E-state index is 10.9. The van der Waals surface area contributed by atoms with Crippen LogP contribution in [-0.4, -0.2) is 9.32 Å². The molecule has 0 amide bonds. The van der Waals surface area contributed by atoms with Gasteiger partial charge in [0, 0.05) is 29.2 Å². The standard InChI is InChI=1S/C19H13N2O2P/c22-21(23)16-11-9-15(10-12-16)19-20-13-5-4-8-17(20)18(24-19)14-6-2-1-3-7-14/h1-13H. The highest BCUT2D eigenvalue weighted by Gasteiger charge is 2.13. The van der Waals surface area contributed by atoms with E-state index in [0.29, 0.717) is 0 Å². The summed E-state index contributed by atoms with van der Waals surface area (Å²) in [6.07, 6.45) is 2.04. The average Bonchev–Trinajstić information content (AvgIpc) is 3.02. The minimum Gasteiger partial charge on any atom is -0.312 e. The van der Waals surface area contributed by atoms with Gasteiger partial charge >= 0.3 is 0 Å². The molecule has 116 valence electrons. The van der Waals surface area contributed by atoms with E-state index in [1.165, 1.54) is 10.9 Å². The summed E-state index contributed by atoms with van der Waals surface area (Å²) in [5.41, 5.74) is 4.55. The van der Waals surface area contributed by atoms with Crippen LogP contribution >= 0.6 is 8.19 Å². The van der Waals surface area contributed by atoms with Gasteiger partial charge in [0.2, 0.25) is 0 Å². The van der Waals surface area contributed by atoms with Crippen molar-refractivity contribution < 1.29 is 4.92 Å². The van der Waals surface area contributed by atoms with E-state index >= 15 is 0 Å². The monoisotopic (exact) mass is 332 g/mol. The number of rotatable bonds is 3. The second kappa shape index (κ2) is 5.91. The molecule has 0 N–H and O–H groups in total. The molecule has 4 nitrogen and oxygen atoms in total. The van der Waals surface area contributed by atoms with E-state index in [9.17, 15) is 10.1 Å². The van der Waals surface area contributed by atoms with Gasteiger partial charge in [0.1, 0.15) is 0 Å². The summed E-state index contributed by atoms with van der Waals surface area (Å²) in [4.78, 5) is 10.5. The van der Waals surface area contributed by atoms with Gasteiger partial charge < -0.3 is 4.40 Å². The third-order valence-electron chi connectivity index (χ3n) is 3.93. The summed E-state index contributed by atoms with van der Waals surface area (Å²) in [7, 11) is 1.09. The van der Waals surface area contributed by atoms with Crippen LogP contribution in [0.1, 0.15) is 0 Å². The van der Waals surface area contributed by atoms with Crippen molar-refractivity contribution >= 4 is 19.4 Å². The Balaban J connectivity index is 1.92. The Morgan fingerprint density at radius 3 is 2.25 bits per heavy atom. The molecular weight excluding hydrogens is 319 g/mol. The predicted molar refractivity (Wildman–Crippen MR) is 97.4 cm³/mol. The average molecular weight is 332 g/mol. The first-order chi connectivity index (χ1) is 11.7. The van der Waals surface area contributed by atoms with Gasteiger partial charge in [0.25, 0.3) is 5.69 Å². The highest BCUT2D eigenvalue weighted by Crippen LogP contribution is 2.42. The summed E-state index contributed by atoms with van der Waals surface area (Å²) in [6, 6.07) is 23.2. The molecule has 4 rings (SSSR count). The molecule has 2 aromatic heterocycles. The highest BCUT2D eigenvalue weighted by atomic mass is 31.0. The van der Waals surface area contributed by atoms with Crippen molar-refractivity contribution in [3.63, 3.8) is 0 Å². The number of benzene rings is 2. The maximum Gasteiger partial charge on any atom is 0.269 e. The van der Waals surface area contributed by atoms with Gasteiger partial charge in [-0.05, 0) is 38.0 Å². The summed E-state index contributed by atoms with van der Waals surface area (Å²) in [5, 5.41) is 12.1. The van der Waals surface area contributed by atoms with Crippen LogP contribution in [-0.2, 0) is 0 Å². The number of nitro groups is 1. The molecule has 0 saturated carbocycles. The van der Waals surface area contributed by atoms with Crippen molar-refractivity contribution in [2.24, 2.45) is 0 Å². The zero-order valence-corrected chi connectivity index (χ0v) is 13.6. The van der Waals surface area contributed by atoms with Crippen molar-refractivity contribution in [3.05, 3.63) is 89.1 Å². The van der Waals surface area contributed by atoms with Crippen molar-refractivity contribution in [2.45, 2.75) is 0 Å². The molecule has 0 aliphatic carbocycles. The summed E-state index contributed by atoms with van der Waals surface area (Å²) < 4.78 is 2.16. The van der Waals surface area contributed by atoms with E-state index < -0.39 is 0 Å². The number of nitro benzene ring substituents is 1. The van der Waals surface area contributed by atoms with Crippen LogP contribution in [0, 0.1) is 10.1 Å². The number of hydrogen-bond acceptors (Lipinski definition) is 2. The fourth-order valence-corrected chi connectivity index (χ4v) is 4.13. The fraction of sp³-hybridized carbons (Fsp3) is 0. The molecule has 0 aliphatic rings. The van der Waals surface area contributed by atoms with Gasteiger partial charge in [0.05, 0.1) is 15.9 Å². The molecule has 5 heteroatoms. The van der Waals surface area contributed by atoms with Crippen molar-refractivity contribution in [1.82, 2.24) is 4.40 Å². The lowest BCUT2D eigenvalue weighted by atomic mass is 10.1. The second-order valence-corrected chi connectivity index (χ2v) is 6.50.